The molecule has 1 saturated carbocycles. The van der Waals surface area contributed by atoms with Crippen molar-refractivity contribution in [3.8, 4) is 11.5 Å². The zero-order chi connectivity index (χ0) is 21.5. The van der Waals surface area contributed by atoms with Crippen molar-refractivity contribution in [2.75, 3.05) is 7.11 Å². The van der Waals surface area contributed by atoms with Gasteiger partial charge in [-0.1, -0.05) is 60.7 Å². The van der Waals surface area contributed by atoms with Crippen LogP contribution in [0.5, 0.6) is 11.5 Å². The number of benzene rings is 3. The lowest BCUT2D eigenvalue weighted by Gasteiger charge is -2.51. The third-order valence-corrected chi connectivity index (χ3v) is 7.26. The van der Waals surface area contributed by atoms with Crippen LogP contribution < -0.4 is 14.9 Å². The molecular weight excluding hydrogens is 396 g/mol. The van der Waals surface area contributed by atoms with Crippen molar-refractivity contribution >= 4 is 5.70 Å². The minimum absolute atomic E-state index is 0.133. The first kappa shape index (κ1) is 19.4. The third-order valence-electron chi connectivity index (χ3n) is 7.26. The molecule has 162 valence electrons. The minimum Gasteiger partial charge on any atom is -0.496 e. The number of fused-ring (bicyclic) bond motifs is 4. The Kier molecular flexibility index (Phi) is 4.69. The van der Waals surface area contributed by atoms with Gasteiger partial charge >= 0.3 is 0 Å². The molecule has 0 saturated heterocycles. The zero-order valence-corrected chi connectivity index (χ0v) is 18.3. The van der Waals surface area contributed by atoms with Crippen molar-refractivity contribution in [2.24, 2.45) is 0 Å². The van der Waals surface area contributed by atoms with Crippen LogP contribution >= 0.6 is 0 Å². The first-order chi connectivity index (χ1) is 15.8. The van der Waals surface area contributed by atoms with Gasteiger partial charge in [-0.15, -0.1) is 0 Å². The highest BCUT2D eigenvalue weighted by Gasteiger charge is 2.51. The van der Waals surface area contributed by atoms with Crippen LogP contribution in [-0.2, 0) is 0 Å². The lowest BCUT2D eigenvalue weighted by molar-refractivity contribution is -0.152. The van der Waals surface area contributed by atoms with E-state index in [1.54, 1.807) is 7.11 Å². The van der Waals surface area contributed by atoms with E-state index in [1.807, 2.05) is 12.1 Å². The van der Waals surface area contributed by atoms with Gasteiger partial charge in [-0.3, -0.25) is 0 Å². The standard InChI is InChI=1S/C28H28N2O2/c1-31-26-13-7-5-11-22(26)24-19-25-23-12-6-8-14-27(23)32-28(30(25)29-24)17-15-21(16-18-28)20-9-3-2-4-10-20/h2-14,19,21,25,29H,15-18H2,1H3/t21?,25-,28?/m0/s1. The fourth-order valence-corrected chi connectivity index (χ4v) is 5.61. The number of nitrogens with one attached hydrogen (secondary N) is 1. The first-order valence-electron chi connectivity index (χ1n) is 11.5. The van der Waals surface area contributed by atoms with Gasteiger partial charge in [0.1, 0.15) is 11.5 Å². The van der Waals surface area contributed by atoms with E-state index in [1.165, 1.54) is 11.1 Å². The zero-order valence-electron chi connectivity index (χ0n) is 18.3. The minimum atomic E-state index is -0.357. The molecule has 1 spiro atoms. The maximum absolute atomic E-state index is 6.80. The lowest BCUT2D eigenvalue weighted by atomic mass is 9.78. The highest BCUT2D eigenvalue weighted by Crippen LogP contribution is 2.52. The van der Waals surface area contributed by atoms with Crippen molar-refractivity contribution in [1.82, 2.24) is 10.4 Å². The molecule has 3 aromatic carbocycles. The van der Waals surface area contributed by atoms with E-state index >= 15 is 0 Å². The summed E-state index contributed by atoms with van der Waals surface area (Å²) in [4.78, 5) is 0. The Hall–Kier alpha value is -3.24. The highest BCUT2D eigenvalue weighted by molar-refractivity contribution is 5.72. The van der Waals surface area contributed by atoms with Gasteiger partial charge in [0, 0.05) is 24.0 Å². The van der Waals surface area contributed by atoms with Gasteiger partial charge in [0.15, 0.2) is 5.72 Å². The van der Waals surface area contributed by atoms with Crippen molar-refractivity contribution in [1.29, 1.82) is 0 Å². The summed E-state index contributed by atoms with van der Waals surface area (Å²) in [5, 5.41) is 2.36. The first-order valence-corrected chi connectivity index (χ1v) is 11.5. The van der Waals surface area contributed by atoms with Gasteiger partial charge in [0.2, 0.25) is 0 Å². The molecule has 0 amide bonds. The molecule has 4 heteroatoms. The molecule has 1 fully saturated rings. The quantitative estimate of drug-likeness (QED) is 0.555. The monoisotopic (exact) mass is 424 g/mol. The molecule has 1 N–H and O–H groups in total. The van der Waals surface area contributed by atoms with Crippen LogP contribution in [0.25, 0.3) is 5.70 Å². The second-order valence-electron chi connectivity index (χ2n) is 8.98. The summed E-state index contributed by atoms with van der Waals surface area (Å²) in [5.74, 6) is 2.47. The molecular formula is C28H28N2O2. The van der Waals surface area contributed by atoms with Crippen LogP contribution in [0.4, 0.5) is 0 Å². The Morgan fingerprint density at radius 2 is 1.62 bits per heavy atom. The molecule has 0 aromatic heterocycles. The topological polar surface area (TPSA) is 33.7 Å². The van der Waals surface area contributed by atoms with Crippen LogP contribution in [0, 0.1) is 0 Å². The summed E-state index contributed by atoms with van der Waals surface area (Å²) in [6.07, 6.45) is 6.52. The van der Waals surface area contributed by atoms with E-state index in [-0.39, 0.29) is 11.8 Å². The molecule has 32 heavy (non-hydrogen) atoms. The number of nitrogens with zero attached hydrogens (tertiary/aromatic N) is 1. The Morgan fingerprint density at radius 1 is 0.906 bits per heavy atom. The van der Waals surface area contributed by atoms with Crippen LogP contribution in [0.1, 0.15) is 54.3 Å². The fraction of sp³-hybridized carbons (Fsp3) is 0.286. The molecule has 1 atom stereocenters. The molecule has 0 radical (unpaired) electrons. The van der Waals surface area contributed by atoms with Gasteiger partial charge in [-0.2, -0.15) is 5.01 Å². The van der Waals surface area contributed by atoms with E-state index in [9.17, 15) is 0 Å². The summed E-state index contributed by atoms with van der Waals surface area (Å²) >= 11 is 0. The van der Waals surface area contributed by atoms with Gasteiger partial charge in [-0.05, 0) is 48.6 Å². The molecule has 1 aliphatic carbocycles. The van der Waals surface area contributed by atoms with Crippen molar-refractivity contribution in [2.45, 2.75) is 43.4 Å². The van der Waals surface area contributed by atoms with Crippen molar-refractivity contribution in [3.63, 3.8) is 0 Å². The van der Waals surface area contributed by atoms with Gasteiger partial charge in [0.25, 0.3) is 0 Å². The molecule has 0 bridgehead atoms. The Balaban J connectivity index is 1.35. The number of para-hydroxylation sites is 2. The number of hydrogen-bond donors (Lipinski definition) is 1. The average molecular weight is 425 g/mol. The molecule has 2 aliphatic heterocycles. The van der Waals surface area contributed by atoms with Crippen LogP contribution in [0.2, 0.25) is 0 Å². The predicted molar refractivity (Wildman–Crippen MR) is 126 cm³/mol. The van der Waals surface area contributed by atoms with Crippen molar-refractivity contribution in [3.05, 3.63) is 102 Å². The number of rotatable bonds is 3. The van der Waals surface area contributed by atoms with E-state index in [4.69, 9.17) is 9.47 Å². The van der Waals surface area contributed by atoms with Gasteiger partial charge < -0.3 is 14.9 Å². The van der Waals surface area contributed by atoms with Crippen LogP contribution in [0.15, 0.2) is 84.9 Å². The highest BCUT2D eigenvalue weighted by atomic mass is 16.5. The van der Waals surface area contributed by atoms with E-state index < -0.39 is 0 Å². The Bertz CT molecular complexity index is 1150. The molecule has 3 aromatic rings. The number of hydrazine groups is 1. The maximum Gasteiger partial charge on any atom is 0.180 e. The predicted octanol–water partition coefficient (Wildman–Crippen LogP) is 6.04. The Morgan fingerprint density at radius 3 is 2.44 bits per heavy atom. The van der Waals surface area contributed by atoms with Crippen molar-refractivity contribution < 1.29 is 9.47 Å². The average Bonchev–Trinajstić information content (AvgIpc) is 3.32. The molecule has 6 rings (SSSR count). The second kappa shape index (κ2) is 7.72. The maximum atomic E-state index is 6.80. The number of methoxy groups -OCH3 is 1. The molecule has 3 aliphatic rings. The summed E-state index contributed by atoms with van der Waals surface area (Å²) in [7, 11) is 1.73. The number of hydrogen-bond acceptors (Lipinski definition) is 4. The Labute approximate surface area is 189 Å². The van der Waals surface area contributed by atoms with E-state index in [2.05, 4.69) is 83.2 Å². The van der Waals surface area contributed by atoms with E-state index in [0.29, 0.717) is 5.92 Å². The van der Waals surface area contributed by atoms with Gasteiger partial charge in [-0.25, -0.2) is 0 Å². The summed E-state index contributed by atoms with van der Waals surface area (Å²) in [6.45, 7) is 0. The fourth-order valence-electron chi connectivity index (χ4n) is 5.61. The third kappa shape index (κ3) is 3.09. The summed E-state index contributed by atoms with van der Waals surface area (Å²) in [5.41, 5.74) is 8.18. The molecule has 4 nitrogen and oxygen atoms in total. The lowest BCUT2D eigenvalue weighted by Crippen LogP contribution is -2.60. The van der Waals surface area contributed by atoms with Crippen LogP contribution in [0.3, 0.4) is 0 Å². The normalized spacial score (nSPS) is 26.5. The smallest absolute Gasteiger partial charge is 0.180 e. The SMILES string of the molecule is COc1ccccc1C1=C[C@H]2c3ccccc3OC3(CCC(c4ccccc4)CC3)N2N1. The van der Waals surface area contributed by atoms with E-state index in [0.717, 1.165) is 48.4 Å². The number of ether oxygens (including phenoxy) is 2. The summed E-state index contributed by atoms with van der Waals surface area (Å²) < 4.78 is 12.4. The van der Waals surface area contributed by atoms with Crippen LogP contribution in [-0.4, -0.2) is 17.8 Å². The largest absolute Gasteiger partial charge is 0.496 e. The summed E-state index contributed by atoms with van der Waals surface area (Å²) in [6, 6.07) is 27.7. The van der Waals surface area contributed by atoms with Gasteiger partial charge in [0.05, 0.1) is 18.8 Å². The second-order valence-corrected chi connectivity index (χ2v) is 8.98. The molecule has 0 unspecified atom stereocenters. The molecule has 2 heterocycles.